The van der Waals surface area contributed by atoms with Gasteiger partial charge in [0.15, 0.2) is 5.13 Å². The van der Waals surface area contributed by atoms with E-state index in [1.54, 1.807) is 36.5 Å². The van der Waals surface area contributed by atoms with Gasteiger partial charge in [-0.25, -0.2) is 4.98 Å². The Morgan fingerprint density at radius 3 is 2.52 bits per heavy atom. The normalized spacial score (nSPS) is 10.2. The molecule has 1 heterocycles. The maximum atomic E-state index is 12.1. The number of amides is 2. The van der Waals surface area contributed by atoms with Crippen molar-refractivity contribution in [1.29, 1.82) is 0 Å². The number of nitrogens with one attached hydrogen (secondary N) is 1. The van der Waals surface area contributed by atoms with E-state index in [9.17, 15) is 9.59 Å². The van der Waals surface area contributed by atoms with E-state index in [1.807, 2.05) is 12.1 Å². The highest BCUT2D eigenvalue weighted by atomic mass is 32.1. The van der Waals surface area contributed by atoms with Gasteiger partial charge in [-0.15, -0.1) is 11.3 Å². The number of carbonyl (C=O) groups excluding carboxylic acids is 2. The highest BCUT2D eigenvalue weighted by Gasteiger charge is 2.15. The molecule has 2 amide bonds. The van der Waals surface area contributed by atoms with Crippen LogP contribution in [0.15, 0.2) is 29.6 Å². The topological polar surface area (TPSA) is 88.3 Å². The molecular formula is C14H16N4O2S. The van der Waals surface area contributed by atoms with Crippen LogP contribution in [0.3, 0.4) is 0 Å². The highest BCUT2D eigenvalue weighted by Crippen LogP contribution is 2.14. The van der Waals surface area contributed by atoms with E-state index in [-0.39, 0.29) is 11.8 Å². The first kappa shape index (κ1) is 15.0. The van der Waals surface area contributed by atoms with Gasteiger partial charge in [0.1, 0.15) is 5.69 Å². The molecule has 3 N–H and O–H groups in total. The maximum absolute atomic E-state index is 12.1. The molecule has 7 heteroatoms. The first-order valence-corrected chi connectivity index (χ1v) is 7.16. The number of hydrogen-bond donors (Lipinski definition) is 2. The predicted octanol–water partition coefficient (Wildman–Crippen LogP) is 1.36. The van der Waals surface area contributed by atoms with E-state index in [1.165, 1.54) is 11.3 Å². The van der Waals surface area contributed by atoms with E-state index in [4.69, 9.17) is 5.73 Å². The molecule has 0 saturated heterocycles. The van der Waals surface area contributed by atoms with Gasteiger partial charge in [-0.3, -0.25) is 9.59 Å². The Labute approximate surface area is 126 Å². The van der Waals surface area contributed by atoms with Crippen molar-refractivity contribution in [3.8, 4) is 0 Å². The number of nitrogen functional groups attached to an aromatic ring is 1. The smallest absolute Gasteiger partial charge is 0.273 e. The molecule has 0 unspecified atom stereocenters. The zero-order valence-corrected chi connectivity index (χ0v) is 12.6. The number of anilines is 1. The minimum absolute atomic E-state index is 0.135. The lowest BCUT2D eigenvalue weighted by atomic mass is 10.1. The molecule has 0 fully saturated rings. The first-order valence-electron chi connectivity index (χ1n) is 6.28. The quantitative estimate of drug-likeness (QED) is 0.892. The van der Waals surface area contributed by atoms with Gasteiger partial charge in [0.25, 0.3) is 11.8 Å². The Morgan fingerprint density at radius 2 is 2.00 bits per heavy atom. The minimum Gasteiger partial charge on any atom is -0.375 e. The number of nitrogens with two attached hydrogens (primary N) is 1. The van der Waals surface area contributed by atoms with Crippen LogP contribution < -0.4 is 11.1 Å². The van der Waals surface area contributed by atoms with Gasteiger partial charge in [-0.05, 0) is 17.7 Å². The molecule has 6 nitrogen and oxygen atoms in total. The fourth-order valence-electron chi connectivity index (χ4n) is 1.83. The summed E-state index contributed by atoms with van der Waals surface area (Å²) in [4.78, 5) is 29.1. The van der Waals surface area contributed by atoms with Crippen LogP contribution >= 0.6 is 11.3 Å². The van der Waals surface area contributed by atoms with E-state index >= 15 is 0 Å². The summed E-state index contributed by atoms with van der Waals surface area (Å²) < 4.78 is 0. The lowest BCUT2D eigenvalue weighted by Gasteiger charge is -2.16. The van der Waals surface area contributed by atoms with Crippen molar-refractivity contribution < 1.29 is 9.59 Å². The molecule has 0 aliphatic rings. The summed E-state index contributed by atoms with van der Waals surface area (Å²) in [5.74, 6) is -0.317. The number of rotatable bonds is 4. The summed E-state index contributed by atoms with van der Waals surface area (Å²) in [6.45, 7) is 0.435. The van der Waals surface area contributed by atoms with Crippen molar-refractivity contribution >= 4 is 28.3 Å². The van der Waals surface area contributed by atoms with Crippen LogP contribution in [0, 0.1) is 0 Å². The van der Waals surface area contributed by atoms with Gasteiger partial charge in [-0.2, -0.15) is 0 Å². The predicted molar refractivity (Wildman–Crippen MR) is 82.2 cm³/mol. The van der Waals surface area contributed by atoms with Crippen molar-refractivity contribution in [3.63, 3.8) is 0 Å². The second kappa shape index (κ2) is 6.36. The van der Waals surface area contributed by atoms with Crippen molar-refractivity contribution in [3.05, 3.63) is 46.5 Å². The number of aromatic nitrogens is 1. The van der Waals surface area contributed by atoms with Gasteiger partial charge in [0.2, 0.25) is 0 Å². The molecular weight excluding hydrogens is 288 g/mol. The Kier molecular flexibility index (Phi) is 4.54. The Balaban J connectivity index is 2.04. The molecule has 2 aromatic rings. The van der Waals surface area contributed by atoms with Crippen molar-refractivity contribution in [2.24, 2.45) is 0 Å². The van der Waals surface area contributed by atoms with Crippen LogP contribution in [0.25, 0.3) is 0 Å². The van der Waals surface area contributed by atoms with Crippen LogP contribution in [0.1, 0.15) is 26.4 Å². The summed E-state index contributed by atoms with van der Waals surface area (Å²) in [6.07, 6.45) is 0. The number of thiazole rings is 1. The van der Waals surface area contributed by atoms with E-state index < -0.39 is 0 Å². The second-order valence-electron chi connectivity index (χ2n) is 4.51. The van der Waals surface area contributed by atoms with Crippen molar-refractivity contribution in [2.75, 3.05) is 19.8 Å². The van der Waals surface area contributed by atoms with Crippen molar-refractivity contribution in [2.45, 2.75) is 6.54 Å². The highest BCUT2D eigenvalue weighted by molar-refractivity contribution is 7.13. The van der Waals surface area contributed by atoms with Gasteiger partial charge >= 0.3 is 0 Å². The molecule has 110 valence electrons. The zero-order chi connectivity index (χ0) is 15.4. The summed E-state index contributed by atoms with van der Waals surface area (Å²) in [5.41, 5.74) is 7.39. The monoisotopic (exact) mass is 304 g/mol. The van der Waals surface area contributed by atoms with Gasteiger partial charge in [0.05, 0.1) is 0 Å². The molecule has 21 heavy (non-hydrogen) atoms. The number of carbonyl (C=O) groups is 2. The molecule has 0 atom stereocenters. The van der Waals surface area contributed by atoms with Crippen LogP contribution in [-0.4, -0.2) is 35.8 Å². The standard InChI is InChI=1S/C14H16N4O2S/c1-16-12(19)10-5-3-9(4-6-10)7-18(2)13(20)11-8-21-14(15)17-11/h3-6,8H,7H2,1-2H3,(H2,15,17)(H,16,19). The largest absolute Gasteiger partial charge is 0.375 e. The number of hydrogen-bond acceptors (Lipinski definition) is 5. The molecule has 1 aromatic heterocycles. The number of benzene rings is 1. The first-order chi connectivity index (χ1) is 10.0. The summed E-state index contributed by atoms with van der Waals surface area (Å²) in [7, 11) is 3.28. The maximum Gasteiger partial charge on any atom is 0.273 e. The molecule has 0 radical (unpaired) electrons. The SMILES string of the molecule is CNC(=O)c1ccc(CN(C)C(=O)c2csc(N)n2)cc1. The van der Waals surface area contributed by atoms with Crippen LogP contribution in [0.2, 0.25) is 0 Å². The third-order valence-corrected chi connectivity index (χ3v) is 3.62. The second-order valence-corrected chi connectivity index (χ2v) is 5.40. The molecule has 0 bridgehead atoms. The summed E-state index contributed by atoms with van der Waals surface area (Å²) in [5, 5.41) is 4.58. The third-order valence-electron chi connectivity index (χ3n) is 2.95. The molecule has 0 aliphatic heterocycles. The fourth-order valence-corrected chi connectivity index (χ4v) is 2.37. The Morgan fingerprint density at radius 1 is 1.33 bits per heavy atom. The molecule has 2 rings (SSSR count). The fraction of sp³-hybridized carbons (Fsp3) is 0.214. The third kappa shape index (κ3) is 3.57. The van der Waals surface area contributed by atoms with Crippen molar-refractivity contribution in [1.82, 2.24) is 15.2 Å². The van der Waals surface area contributed by atoms with E-state index in [2.05, 4.69) is 10.3 Å². The average Bonchev–Trinajstić information content (AvgIpc) is 2.93. The van der Waals surface area contributed by atoms with Gasteiger partial charge in [0, 0.05) is 31.6 Å². The molecule has 1 aromatic carbocycles. The van der Waals surface area contributed by atoms with Crippen LogP contribution in [0.5, 0.6) is 0 Å². The lowest BCUT2D eigenvalue weighted by Crippen LogP contribution is -2.26. The minimum atomic E-state index is -0.182. The average molecular weight is 304 g/mol. The summed E-state index contributed by atoms with van der Waals surface area (Å²) >= 11 is 1.24. The zero-order valence-electron chi connectivity index (χ0n) is 11.8. The molecule has 0 aliphatic carbocycles. The van der Waals surface area contributed by atoms with Gasteiger partial charge in [-0.1, -0.05) is 12.1 Å². The lowest BCUT2D eigenvalue weighted by molar-refractivity contribution is 0.0779. The summed E-state index contributed by atoms with van der Waals surface area (Å²) in [6, 6.07) is 7.11. The molecule has 0 spiro atoms. The van der Waals surface area contributed by atoms with Gasteiger partial charge < -0.3 is 16.0 Å². The van der Waals surface area contributed by atoms with Crippen LogP contribution in [-0.2, 0) is 6.54 Å². The Hall–Kier alpha value is -2.41. The molecule has 0 saturated carbocycles. The number of nitrogens with zero attached hydrogens (tertiary/aromatic N) is 2. The van der Waals surface area contributed by atoms with E-state index in [0.29, 0.717) is 22.9 Å². The van der Waals surface area contributed by atoms with Crippen LogP contribution in [0.4, 0.5) is 5.13 Å². The Bertz CT molecular complexity index is 651. The van der Waals surface area contributed by atoms with E-state index in [0.717, 1.165) is 5.56 Å².